The van der Waals surface area contributed by atoms with Crippen LogP contribution >= 0.6 is 11.8 Å². The summed E-state index contributed by atoms with van der Waals surface area (Å²) < 4.78 is 24.2. The van der Waals surface area contributed by atoms with Crippen molar-refractivity contribution in [2.45, 2.75) is 11.3 Å². The summed E-state index contributed by atoms with van der Waals surface area (Å²) in [5.74, 6) is 0.382. The van der Waals surface area contributed by atoms with Crippen molar-refractivity contribution >= 4 is 11.8 Å². The number of aromatic nitrogens is 2. The Bertz CT molecular complexity index is 782. The standard InChI is InChI=1S/C17H15FN2O3S/c18-14-8-4-5-9-15(14)22-10-13(21)11-24-17-20-19-16(23-17)12-6-2-1-3-7-12/h1-9,13,21H,10-11H2/t13-/m0/s1. The molecule has 0 saturated carbocycles. The minimum Gasteiger partial charge on any atom is -0.488 e. The first-order valence-electron chi connectivity index (χ1n) is 7.29. The number of hydrogen-bond acceptors (Lipinski definition) is 6. The molecule has 124 valence electrons. The molecule has 7 heteroatoms. The molecule has 2 aromatic carbocycles. The second-order valence-corrected chi connectivity index (χ2v) is 5.92. The van der Waals surface area contributed by atoms with Crippen LogP contribution in [0.15, 0.2) is 64.2 Å². The molecule has 3 aromatic rings. The van der Waals surface area contributed by atoms with Crippen molar-refractivity contribution in [2.75, 3.05) is 12.4 Å². The van der Waals surface area contributed by atoms with E-state index in [1.807, 2.05) is 30.3 Å². The van der Waals surface area contributed by atoms with Gasteiger partial charge in [-0.05, 0) is 24.3 Å². The van der Waals surface area contributed by atoms with Crippen molar-refractivity contribution < 1.29 is 18.7 Å². The molecule has 0 unspecified atom stereocenters. The zero-order valence-electron chi connectivity index (χ0n) is 12.6. The van der Waals surface area contributed by atoms with E-state index in [4.69, 9.17) is 9.15 Å². The second-order valence-electron chi connectivity index (χ2n) is 4.95. The predicted octanol–water partition coefficient (Wildman–Crippen LogP) is 3.41. The smallest absolute Gasteiger partial charge is 0.276 e. The molecule has 24 heavy (non-hydrogen) atoms. The molecule has 0 fully saturated rings. The van der Waals surface area contributed by atoms with Crippen LogP contribution < -0.4 is 4.74 Å². The summed E-state index contributed by atoms with van der Waals surface area (Å²) in [6.45, 7) is -0.0202. The monoisotopic (exact) mass is 346 g/mol. The Morgan fingerprint density at radius 3 is 2.62 bits per heavy atom. The number of hydrogen-bond donors (Lipinski definition) is 1. The fourth-order valence-corrected chi connectivity index (χ4v) is 2.60. The maximum absolute atomic E-state index is 13.4. The van der Waals surface area contributed by atoms with Crippen molar-refractivity contribution in [3.63, 3.8) is 0 Å². The minimum absolute atomic E-state index is 0.0202. The number of nitrogens with zero attached hydrogens (tertiary/aromatic N) is 2. The van der Waals surface area contributed by atoms with Gasteiger partial charge in [-0.25, -0.2) is 4.39 Å². The first-order chi connectivity index (χ1) is 11.7. The van der Waals surface area contributed by atoms with E-state index in [0.29, 0.717) is 16.9 Å². The van der Waals surface area contributed by atoms with E-state index in [1.54, 1.807) is 12.1 Å². The Labute approximate surface area is 142 Å². The van der Waals surface area contributed by atoms with Crippen molar-refractivity contribution in [3.8, 4) is 17.2 Å². The van der Waals surface area contributed by atoms with Gasteiger partial charge in [0.05, 0.1) is 6.10 Å². The number of benzene rings is 2. The highest BCUT2D eigenvalue weighted by Gasteiger charge is 2.13. The molecule has 1 heterocycles. The SMILES string of the molecule is O[C@@H](COc1ccccc1F)CSc1nnc(-c2ccccc2)o1. The van der Waals surface area contributed by atoms with Gasteiger partial charge in [0.15, 0.2) is 11.6 Å². The Morgan fingerprint density at radius 1 is 1.08 bits per heavy atom. The number of ether oxygens (including phenoxy) is 1. The average Bonchev–Trinajstić information content (AvgIpc) is 3.09. The lowest BCUT2D eigenvalue weighted by molar-refractivity contribution is 0.123. The third kappa shape index (κ3) is 4.33. The van der Waals surface area contributed by atoms with Gasteiger partial charge in [-0.1, -0.05) is 42.1 Å². The molecule has 1 atom stereocenters. The minimum atomic E-state index is -0.790. The van der Waals surface area contributed by atoms with Crippen LogP contribution in [-0.4, -0.2) is 33.8 Å². The molecule has 0 radical (unpaired) electrons. The quantitative estimate of drug-likeness (QED) is 0.661. The van der Waals surface area contributed by atoms with Gasteiger partial charge in [-0.2, -0.15) is 0 Å². The summed E-state index contributed by atoms with van der Waals surface area (Å²) >= 11 is 1.22. The van der Waals surface area contributed by atoms with Crippen molar-refractivity contribution in [1.82, 2.24) is 10.2 Å². The first-order valence-corrected chi connectivity index (χ1v) is 8.28. The summed E-state index contributed by atoms with van der Waals surface area (Å²) in [6.07, 6.45) is -0.790. The number of thioether (sulfide) groups is 1. The molecule has 0 aliphatic rings. The Balaban J connectivity index is 1.49. The fourth-order valence-electron chi connectivity index (χ4n) is 1.93. The largest absolute Gasteiger partial charge is 0.488 e. The first kappa shape index (κ1) is 16.5. The van der Waals surface area contributed by atoms with E-state index in [9.17, 15) is 9.50 Å². The van der Waals surface area contributed by atoms with Crippen LogP contribution in [0.25, 0.3) is 11.5 Å². The van der Waals surface area contributed by atoms with Gasteiger partial charge in [0.2, 0.25) is 5.89 Å². The molecule has 1 aromatic heterocycles. The molecule has 0 amide bonds. The van der Waals surface area contributed by atoms with Crippen LogP contribution in [0.4, 0.5) is 4.39 Å². The number of halogens is 1. The van der Waals surface area contributed by atoms with Gasteiger partial charge >= 0.3 is 0 Å². The summed E-state index contributed by atoms with van der Waals surface area (Å²) in [7, 11) is 0. The van der Waals surface area contributed by atoms with Crippen molar-refractivity contribution in [2.24, 2.45) is 0 Å². The second kappa shape index (κ2) is 7.94. The Kier molecular flexibility index (Phi) is 5.45. The third-order valence-electron chi connectivity index (χ3n) is 3.09. The molecule has 3 rings (SSSR count). The van der Waals surface area contributed by atoms with Crippen LogP contribution in [0, 0.1) is 5.82 Å². The number of aliphatic hydroxyl groups is 1. The molecule has 0 aliphatic carbocycles. The van der Waals surface area contributed by atoms with E-state index in [0.717, 1.165) is 5.56 Å². The predicted molar refractivity (Wildman–Crippen MR) is 88.4 cm³/mol. The average molecular weight is 346 g/mol. The molecule has 0 aliphatic heterocycles. The van der Waals surface area contributed by atoms with Gasteiger partial charge in [-0.3, -0.25) is 0 Å². The number of para-hydroxylation sites is 1. The van der Waals surface area contributed by atoms with Crippen molar-refractivity contribution in [1.29, 1.82) is 0 Å². The van der Waals surface area contributed by atoms with Crippen molar-refractivity contribution in [3.05, 3.63) is 60.4 Å². The van der Waals surface area contributed by atoms with Crippen LogP contribution in [0.5, 0.6) is 5.75 Å². The van der Waals surface area contributed by atoms with Crippen LogP contribution in [0.1, 0.15) is 0 Å². The van der Waals surface area contributed by atoms with Gasteiger partial charge in [0.1, 0.15) is 6.61 Å². The molecule has 0 spiro atoms. The zero-order chi connectivity index (χ0) is 16.8. The number of aliphatic hydroxyl groups excluding tert-OH is 1. The molecule has 5 nitrogen and oxygen atoms in total. The molecule has 0 bridgehead atoms. The summed E-state index contributed by atoms with van der Waals surface area (Å²) in [6, 6.07) is 15.5. The highest BCUT2D eigenvalue weighted by molar-refractivity contribution is 7.99. The van der Waals surface area contributed by atoms with Crippen LogP contribution in [-0.2, 0) is 0 Å². The van der Waals surface area contributed by atoms with E-state index in [2.05, 4.69) is 10.2 Å². The summed E-state index contributed by atoms with van der Waals surface area (Å²) in [5.41, 5.74) is 0.834. The Morgan fingerprint density at radius 2 is 1.83 bits per heavy atom. The lowest BCUT2D eigenvalue weighted by Crippen LogP contribution is -2.20. The van der Waals surface area contributed by atoms with Gasteiger partial charge in [0, 0.05) is 11.3 Å². The number of rotatable bonds is 7. The highest BCUT2D eigenvalue weighted by atomic mass is 32.2. The molecule has 0 saturated heterocycles. The van der Waals surface area contributed by atoms with Crippen LogP contribution in [0.2, 0.25) is 0 Å². The maximum Gasteiger partial charge on any atom is 0.276 e. The van der Waals surface area contributed by atoms with E-state index < -0.39 is 11.9 Å². The van der Waals surface area contributed by atoms with Gasteiger partial charge < -0.3 is 14.3 Å². The van der Waals surface area contributed by atoms with Gasteiger partial charge in [0.25, 0.3) is 5.22 Å². The van der Waals surface area contributed by atoms with E-state index in [1.165, 1.54) is 23.9 Å². The molecular formula is C17H15FN2O3S. The zero-order valence-corrected chi connectivity index (χ0v) is 13.4. The molecule has 1 N–H and O–H groups in total. The Hall–Kier alpha value is -2.38. The van der Waals surface area contributed by atoms with Crippen LogP contribution in [0.3, 0.4) is 0 Å². The molecular weight excluding hydrogens is 331 g/mol. The summed E-state index contributed by atoms with van der Waals surface area (Å²) in [4.78, 5) is 0. The third-order valence-corrected chi connectivity index (χ3v) is 4.06. The highest BCUT2D eigenvalue weighted by Crippen LogP contribution is 2.23. The maximum atomic E-state index is 13.4. The topological polar surface area (TPSA) is 68.4 Å². The summed E-state index contributed by atoms with van der Waals surface area (Å²) in [5, 5.41) is 18.2. The fraction of sp³-hybridized carbons (Fsp3) is 0.176. The lowest BCUT2D eigenvalue weighted by atomic mass is 10.2. The lowest BCUT2D eigenvalue weighted by Gasteiger charge is -2.11. The van der Waals surface area contributed by atoms with E-state index in [-0.39, 0.29) is 12.4 Å². The van der Waals surface area contributed by atoms with Gasteiger partial charge in [-0.15, -0.1) is 10.2 Å². The normalized spacial score (nSPS) is 12.1. The van der Waals surface area contributed by atoms with E-state index >= 15 is 0 Å².